The summed E-state index contributed by atoms with van der Waals surface area (Å²) in [4.78, 5) is 11.7. The Hall–Kier alpha value is 0.0500. The van der Waals surface area contributed by atoms with E-state index >= 15 is 0 Å². The first-order valence-electron chi connectivity index (χ1n) is 5.02. The van der Waals surface area contributed by atoms with E-state index in [0.717, 1.165) is 11.3 Å². The standard InChI is InChI=1S/C10H13BrClNO3S2/c1-10(2,3)7(14)5-13-18(15,16)8-4-6(12)9(11)17-8/h4,13H,5H2,1-3H3. The number of carbonyl (C=O) groups is 1. The van der Waals surface area contributed by atoms with Gasteiger partial charge in [-0.15, -0.1) is 11.3 Å². The van der Waals surface area contributed by atoms with Crippen molar-refractivity contribution in [2.75, 3.05) is 6.54 Å². The second-order valence-electron chi connectivity index (χ2n) is 4.68. The van der Waals surface area contributed by atoms with Crippen molar-refractivity contribution in [1.29, 1.82) is 0 Å². The van der Waals surface area contributed by atoms with Gasteiger partial charge in [-0.2, -0.15) is 0 Å². The van der Waals surface area contributed by atoms with Crippen LogP contribution >= 0.6 is 38.9 Å². The van der Waals surface area contributed by atoms with Gasteiger partial charge in [0.1, 0.15) is 4.21 Å². The van der Waals surface area contributed by atoms with Crippen LogP contribution in [0.15, 0.2) is 14.1 Å². The number of ketones is 1. The number of hydrogen-bond acceptors (Lipinski definition) is 4. The second-order valence-corrected chi connectivity index (χ2v) is 9.46. The van der Waals surface area contributed by atoms with Crippen LogP contribution in [0.3, 0.4) is 0 Å². The minimum Gasteiger partial charge on any atom is -0.298 e. The molecule has 0 saturated carbocycles. The Kier molecular flexibility index (Phi) is 4.99. The Balaban J connectivity index is 2.81. The fourth-order valence-electron chi connectivity index (χ4n) is 0.956. The maximum atomic E-state index is 11.9. The molecule has 1 aromatic heterocycles. The third-order valence-electron chi connectivity index (χ3n) is 2.15. The van der Waals surface area contributed by atoms with Crippen molar-refractivity contribution < 1.29 is 13.2 Å². The summed E-state index contributed by atoms with van der Waals surface area (Å²) in [5.74, 6) is -0.173. The predicted octanol–water partition coefficient (Wildman–Crippen LogP) is 3.06. The first-order chi connectivity index (χ1) is 8.04. The molecule has 0 aliphatic heterocycles. The van der Waals surface area contributed by atoms with Crippen LogP contribution in [-0.4, -0.2) is 20.7 Å². The summed E-state index contributed by atoms with van der Waals surface area (Å²) < 4.78 is 26.7. The third-order valence-corrected chi connectivity index (χ3v) is 6.50. The summed E-state index contributed by atoms with van der Waals surface area (Å²) >= 11 is 9.93. The Labute approximate surface area is 124 Å². The highest BCUT2D eigenvalue weighted by atomic mass is 79.9. The number of halogens is 2. The molecule has 0 aromatic carbocycles. The van der Waals surface area contributed by atoms with Crippen LogP contribution in [0, 0.1) is 5.41 Å². The highest BCUT2D eigenvalue weighted by Crippen LogP contribution is 2.34. The van der Waals surface area contributed by atoms with Crippen LogP contribution in [0.5, 0.6) is 0 Å². The molecule has 8 heteroatoms. The molecular formula is C10H13BrClNO3S2. The molecule has 4 nitrogen and oxygen atoms in total. The molecule has 0 bridgehead atoms. The summed E-state index contributed by atoms with van der Waals surface area (Å²) in [7, 11) is -3.68. The summed E-state index contributed by atoms with van der Waals surface area (Å²) in [5.41, 5.74) is -0.573. The number of rotatable bonds is 4. The van der Waals surface area contributed by atoms with Gasteiger partial charge >= 0.3 is 0 Å². The van der Waals surface area contributed by atoms with E-state index in [-0.39, 0.29) is 16.5 Å². The van der Waals surface area contributed by atoms with Gasteiger partial charge in [0.15, 0.2) is 5.78 Å². The van der Waals surface area contributed by atoms with Crippen LogP contribution < -0.4 is 4.72 Å². The van der Waals surface area contributed by atoms with Gasteiger partial charge in [0.2, 0.25) is 0 Å². The molecule has 0 unspecified atom stereocenters. The molecule has 0 radical (unpaired) electrons. The highest BCUT2D eigenvalue weighted by molar-refractivity contribution is 9.11. The van der Waals surface area contributed by atoms with E-state index in [9.17, 15) is 13.2 Å². The largest absolute Gasteiger partial charge is 0.298 e. The Morgan fingerprint density at radius 1 is 1.50 bits per heavy atom. The first-order valence-corrected chi connectivity index (χ1v) is 8.49. The summed E-state index contributed by atoms with van der Waals surface area (Å²) in [6, 6.07) is 1.35. The molecule has 0 fully saturated rings. The van der Waals surface area contributed by atoms with Crippen molar-refractivity contribution in [1.82, 2.24) is 4.72 Å². The molecule has 1 rings (SSSR count). The SMILES string of the molecule is CC(C)(C)C(=O)CNS(=O)(=O)c1cc(Cl)c(Br)s1. The van der Waals surface area contributed by atoms with Gasteiger partial charge in [0, 0.05) is 5.41 Å². The van der Waals surface area contributed by atoms with Crippen molar-refractivity contribution in [3.8, 4) is 0 Å². The minimum atomic E-state index is -3.68. The van der Waals surface area contributed by atoms with Crippen molar-refractivity contribution in [2.45, 2.75) is 25.0 Å². The molecule has 1 heterocycles. The van der Waals surface area contributed by atoms with E-state index in [2.05, 4.69) is 20.7 Å². The van der Waals surface area contributed by atoms with E-state index in [1.54, 1.807) is 20.8 Å². The first kappa shape index (κ1) is 16.1. The highest BCUT2D eigenvalue weighted by Gasteiger charge is 2.25. The van der Waals surface area contributed by atoms with Crippen molar-refractivity contribution in [3.63, 3.8) is 0 Å². The number of nitrogens with one attached hydrogen (secondary N) is 1. The smallest absolute Gasteiger partial charge is 0.250 e. The monoisotopic (exact) mass is 373 g/mol. The van der Waals surface area contributed by atoms with Crippen LogP contribution in [-0.2, 0) is 14.8 Å². The zero-order valence-corrected chi connectivity index (χ0v) is 14.1. The van der Waals surface area contributed by atoms with Gasteiger partial charge in [-0.05, 0) is 22.0 Å². The van der Waals surface area contributed by atoms with Crippen LogP contribution in [0.2, 0.25) is 5.02 Å². The molecular weight excluding hydrogens is 362 g/mol. The van der Waals surface area contributed by atoms with Gasteiger partial charge in [0.25, 0.3) is 10.0 Å². The maximum absolute atomic E-state index is 11.9. The van der Waals surface area contributed by atoms with E-state index in [0.29, 0.717) is 8.81 Å². The number of thiophene rings is 1. The topological polar surface area (TPSA) is 63.2 Å². The maximum Gasteiger partial charge on any atom is 0.250 e. The average molecular weight is 375 g/mol. The van der Waals surface area contributed by atoms with Crippen molar-refractivity contribution >= 4 is 54.7 Å². The Morgan fingerprint density at radius 2 is 2.06 bits per heavy atom. The molecule has 1 aromatic rings. The number of hydrogen-bond donors (Lipinski definition) is 1. The lowest BCUT2D eigenvalue weighted by molar-refractivity contribution is -0.125. The van der Waals surface area contributed by atoms with Gasteiger partial charge in [-0.1, -0.05) is 32.4 Å². The minimum absolute atomic E-state index is 0.0843. The van der Waals surface area contributed by atoms with Crippen molar-refractivity contribution in [3.05, 3.63) is 14.9 Å². The number of Topliss-reactive ketones (excluding diaryl/α,β-unsaturated/α-hetero) is 1. The molecule has 0 aliphatic rings. The molecule has 102 valence electrons. The second kappa shape index (κ2) is 5.58. The predicted molar refractivity (Wildman–Crippen MR) is 76.7 cm³/mol. The zero-order chi connectivity index (χ0) is 14.1. The van der Waals surface area contributed by atoms with Gasteiger partial charge in [-0.25, -0.2) is 13.1 Å². The van der Waals surface area contributed by atoms with E-state index in [4.69, 9.17) is 11.6 Å². The number of carbonyl (C=O) groups excluding carboxylic acids is 1. The lowest BCUT2D eigenvalue weighted by Gasteiger charge is -2.16. The van der Waals surface area contributed by atoms with E-state index < -0.39 is 15.4 Å². The quantitative estimate of drug-likeness (QED) is 0.881. The van der Waals surface area contributed by atoms with Crippen LogP contribution in [0.1, 0.15) is 20.8 Å². The summed E-state index contributed by atoms with van der Waals surface area (Å²) in [6.07, 6.45) is 0. The Bertz CT molecular complexity index is 541. The van der Waals surface area contributed by atoms with E-state index in [1.807, 2.05) is 0 Å². The molecule has 1 N–H and O–H groups in total. The summed E-state index contributed by atoms with van der Waals surface area (Å²) in [5, 5.41) is 0.336. The van der Waals surface area contributed by atoms with Crippen LogP contribution in [0.4, 0.5) is 0 Å². The van der Waals surface area contributed by atoms with E-state index in [1.165, 1.54) is 6.07 Å². The lowest BCUT2D eigenvalue weighted by Crippen LogP contribution is -2.35. The fourth-order valence-corrected chi connectivity index (χ4v) is 4.38. The zero-order valence-electron chi connectivity index (χ0n) is 10.1. The lowest BCUT2D eigenvalue weighted by atomic mass is 9.91. The average Bonchev–Trinajstić information content (AvgIpc) is 2.55. The molecule has 0 saturated heterocycles. The Morgan fingerprint density at radius 3 is 2.44 bits per heavy atom. The van der Waals surface area contributed by atoms with Gasteiger partial charge in [-0.3, -0.25) is 4.79 Å². The van der Waals surface area contributed by atoms with Crippen molar-refractivity contribution in [2.24, 2.45) is 5.41 Å². The summed E-state index contributed by atoms with van der Waals surface area (Å²) in [6.45, 7) is 4.99. The molecule has 0 aliphatic carbocycles. The third kappa shape index (κ3) is 4.03. The molecule has 0 atom stereocenters. The molecule has 18 heavy (non-hydrogen) atoms. The molecule has 0 spiro atoms. The number of sulfonamides is 1. The normalized spacial score (nSPS) is 12.7. The molecule has 0 amide bonds. The van der Waals surface area contributed by atoms with Crippen LogP contribution in [0.25, 0.3) is 0 Å². The fraction of sp³-hybridized carbons (Fsp3) is 0.500. The van der Waals surface area contributed by atoms with Gasteiger partial charge in [0.05, 0.1) is 15.4 Å². The van der Waals surface area contributed by atoms with Gasteiger partial charge < -0.3 is 0 Å².